The smallest absolute Gasteiger partial charge is 0.356 e. The quantitative estimate of drug-likeness (QED) is 0.333. The van der Waals surface area contributed by atoms with Gasteiger partial charge in [0.05, 0.1) is 16.4 Å². The molecular formula is C25H28F3N3O2S. The molecule has 1 unspecified atom stereocenters. The Bertz CT molecular complexity index is 1140. The number of nitrogens with zero attached hydrogens (tertiary/aromatic N) is 2. The third kappa shape index (κ3) is 6.14. The van der Waals surface area contributed by atoms with Crippen LogP contribution < -0.4 is 5.32 Å². The van der Waals surface area contributed by atoms with E-state index in [2.05, 4.69) is 10.3 Å². The molecule has 34 heavy (non-hydrogen) atoms. The van der Waals surface area contributed by atoms with E-state index in [4.69, 9.17) is 0 Å². The lowest BCUT2D eigenvalue weighted by Gasteiger charge is -2.29. The number of aliphatic imine (C=N–C) groups is 1. The van der Waals surface area contributed by atoms with Gasteiger partial charge < -0.3 is 10.2 Å². The van der Waals surface area contributed by atoms with Crippen LogP contribution in [0.5, 0.6) is 0 Å². The van der Waals surface area contributed by atoms with E-state index in [-0.39, 0.29) is 17.5 Å². The highest BCUT2D eigenvalue weighted by Gasteiger charge is 2.30. The maximum atomic E-state index is 13.1. The summed E-state index contributed by atoms with van der Waals surface area (Å²) in [6.07, 6.45) is -0.523. The number of anilines is 2. The Balaban J connectivity index is 1.72. The molecule has 0 spiro atoms. The molecule has 0 saturated carbocycles. The number of rotatable bonds is 5. The van der Waals surface area contributed by atoms with Gasteiger partial charge in [0.15, 0.2) is 0 Å². The number of amides is 1. The minimum atomic E-state index is -4.37. The lowest BCUT2D eigenvalue weighted by atomic mass is 9.98. The molecule has 0 radical (unpaired) electrons. The van der Waals surface area contributed by atoms with E-state index in [0.29, 0.717) is 30.2 Å². The Morgan fingerprint density at radius 3 is 2.32 bits per heavy atom. The second kappa shape index (κ2) is 10.5. The topological polar surface area (TPSA) is 61.8 Å². The van der Waals surface area contributed by atoms with Gasteiger partial charge in [-0.15, -0.1) is 0 Å². The minimum absolute atomic E-state index is 0.0359. The zero-order valence-electron chi connectivity index (χ0n) is 19.6. The number of halogens is 3. The Morgan fingerprint density at radius 2 is 1.76 bits per heavy atom. The molecule has 5 nitrogen and oxygen atoms in total. The molecule has 1 heterocycles. The molecule has 0 bridgehead atoms. The number of hydrogen-bond acceptors (Lipinski definition) is 4. The van der Waals surface area contributed by atoms with Gasteiger partial charge in [0.25, 0.3) is 5.91 Å². The lowest BCUT2D eigenvalue weighted by Crippen LogP contribution is -2.37. The molecular weight excluding hydrogens is 463 g/mol. The van der Waals surface area contributed by atoms with E-state index < -0.39 is 22.5 Å². The Morgan fingerprint density at radius 1 is 1.12 bits per heavy atom. The van der Waals surface area contributed by atoms with E-state index in [1.165, 1.54) is 12.1 Å². The molecule has 0 saturated heterocycles. The van der Waals surface area contributed by atoms with Gasteiger partial charge in [-0.2, -0.15) is 13.2 Å². The van der Waals surface area contributed by atoms with Gasteiger partial charge in [0, 0.05) is 36.6 Å². The van der Waals surface area contributed by atoms with E-state index in [1.807, 2.05) is 32.0 Å². The second-order valence-corrected chi connectivity index (χ2v) is 9.72. The summed E-state index contributed by atoms with van der Waals surface area (Å²) in [6, 6.07) is 10.6. The SMILES string of the molecule is C/C=C(\N=C(C(C)C)S(C)=O)C(=O)N1CCc2cc(Nc3ccc(C(F)(F)F)cc3)ccc2C1. The van der Waals surface area contributed by atoms with Crippen LogP contribution in [-0.4, -0.2) is 32.9 Å². The van der Waals surface area contributed by atoms with Crippen LogP contribution in [0, 0.1) is 5.92 Å². The zero-order chi connectivity index (χ0) is 25.0. The third-order valence-electron chi connectivity index (χ3n) is 5.52. The number of alkyl halides is 3. The molecule has 1 amide bonds. The number of allylic oxidation sites excluding steroid dienone is 1. The summed E-state index contributed by atoms with van der Waals surface area (Å²) in [4.78, 5) is 19.2. The molecule has 0 aliphatic carbocycles. The number of carbonyl (C=O) groups excluding carboxylic acids is 1. The Labute approximate surface area is 200 Å². The third-order valence-corrected chi connectivity index (χ3v) is 6.67. The summed E-state index contributed by atoms with van der Waals surface area (Å²) in [5, 5.41) is 3.62. The summed E-state index contributed by atoms with van der Waals surface area (Å²) in [6.45, 7) is 6.46. The molecule has 1 aliphatic rings. The highest BCUT2D eigenvalue weighted by molar-refractivity contribution is 8.00. The van der Waals surface area contributed by atoms with Crippen LogP contribution in [0.15, 0.2) is 59.2 Å². The summed E-state index contributed by atoms with van der Waals surface area (Å²) in [7, 11) is -1.26. The molecule has 2 aromatic carbocycles. The van der Waals surface area contributed by atoms with Crippen LogP contribution in [0.25, 0.3) is 0 Å². The van der Waals surface area contributed by atoms with Gasteiger partial charge in [-0.25, -0.2) is 4.99 Å². The van der Waals surface area contributed by atoms with E-state index >= 15 is 0 Å². The van der Waals surface area contributed by atoms with Crippen molar-refractivity contribution in [3.8, 4) is 0 Å². The number of fused-ring (bicyclic) bond motifs is 1. The first-order valence-corrected chi connectivity index (χ1v) is 12.5. The highest BCUT2D eigenvalue weighted by Crippen LogP contribution is 2.31. The van der Waals surface area contributed by atoms with Crippen LogP contribution in [0.1, 0.15) is 37.5 Å². The summed E-state index contributed by atoms with van der Waals surface area (Å²) in [5.74, 6) is -0.241. The molecule has 1 aliphatic heterocycles. The van der Waals surface area contributed by atoms with Crippen molar-refractivity contribution in [1.29, 1.82) is 0 Å². The average molecular weight is 492 g/mol. The van der Waals surface area contributed by atoms with Crippen molar-refractivity contribution < 1.29 is 22.2 Å². The largest absolute Gasteiger partial charge is 0.416 e. The van der Waals surface area contributed by atoms with Crippen molar-refractivity contribution in [3.63, 3.8) is 0 Å². The van der Waals surface area contributed by atoms with Gasteiger partial charge in [0.1, 0.15) is 10.7 Å². The normalized spacial score (nSPS) is 15.8. The van der Waals surface area contributed by atoms with Crippen molar-refractivity contribution in [2.75, 3.05) is 18.1 Å². The number of nitrogens with one attached hydrogen (secondary N) is 1. The maximum absolute atomic E-state index is 13.1. The van der Waals surface area contributed by atoms with Crippen LogP contribution in [-0.2, 0) is 34.7 Å². The maximum Gasteiger partial charge on any atom is 0.416 e. The molecule has 3 rings (SSSR count). The fraction of sp³-hybridized carbons (Fsp3) is 0.360. The monoisotopic (exact) mass is 491 g/mol. The van der Waals surface area contributed by atoms with Crippen molar-refractivity contribution in [3.05, 3.63) is 70.9 Å². The van der Waals surface area contributed by atoms with Crippen molar-refractivity contribution in [2.24, 2.45) is 10.9 Å². The zero-order valence-corrected chi connectivity index (χ0v) is 20.4. The fourth-order valence-corrected chi connectivity index (χ4v) is 4.65. The average Bonchev–Trinajstić information content (AvgIpc) is 2.78. The Hall–Kier alpha value is -2.94. The van der Waals surface area contributed by atoms with Gasteiger partial charge >= 0.3 is 6.18 Å². The van der Waals surface area contributed by atoms with Crippen LogP contribution >= 0.6 is 0 Å². The predicted molar refractivity (Wildman–Crippen MR) is 130 cm³/mol. The second-order valence-electron chi connectivity index (χ2n) is 8.39. The standard InChI is InChI=1S/C25H28F3N3O2S/c1-5-22(30-23(16(2)3)34(4)33)24(32)31-13-12-17-14-21(9-6-18(17)15-31)29-20-10-7-19(8-11-20)25(26,27)28/h5-11,14,16,29H,12-13,15H2,1-4H3/b22-5-,30-23?. The first-order chi connectivity index (χ1) is 16.0. The molecule has 2 aromatic rings. The van der Waals surface area contributed by atoms with Crippen LogP contribution in [0.2, 0.25) is 0 Å². The summed E-state index contributed by atoms with van der Waals surface area (Å²) >= 11 is 0. The lowest BCUT2D eigenvalue weighted by molar-refractivity contribution is -0.137. The van der Waals surface area contributed by atoms with E-state index in [9.17, 15) is 22.2 Å². The number of hydrogen-bond donors (Lipinski definition) is 1. The van der Waals surface area contributed by atoms with Crippen molar-refractivity contribution >= 4 is 33.1 Å². The highest BCUT2D eigenvalue weighted by atomic mass is 32.2. The molecule has 1 N–H and O–H groups in total. The molecule has 0 fully saturated rings. The van der Waals surface area contributed by atoms with E-state index in [1.54, 1.807) is 24.2 Å². The summed E-state index contributed by atoms with van der Waals surface area (Å²) in [5.41, 5.74) is 2.99. The van der Waals surface area contributed by atoms with E-state index in [0.717, 1.165) is 28.9 Å². The van der Waals surface area contributed by atoms with Gasteiger partial charge in [-0.1, -0.05) is 26.0 Å². The Kier molecular flexibility index (Phi) is 7.97. The van der Waals surface area contributed by atoms with Crippen molar-refractivity contribution in [2.45, 2.75) is 39.9 Å². The minimum Gasteiger partial charge on any atom is -0.356 e. The molecule has 1 atom stereocenters. The fourth-order valence-electron chi connectivity index (χ4n) is 3.76. The molecule has 0 aromatic heterocycles. The van der Waals surface area contributed by atoms with Gasteiger partial charge in [0.2, 0.25) is 0 Å². The number of carbonyl (C=O) groups is 1. The summed E-state index contributed by atoms with van der Waals surface area (Å²) < 4.78 is 50.3. The first kappa shape index (κ1) is 25.7. The van der Waals surface area contributed by atoms with Gasteiger partial charge in [-0.05, 0) is 60.9 Å². The predicted octanol–water partition coefficient (Wildman–Crippen LogP) is 5.67. The number of benzene rings is 2. The van der Waals surface area contributed by atoms with Crippen LogP contribution in [0.4, 0.5) is 24.5 Å². The first-order valence-electron chi connectivity index (χ1n) is 10.9. The van der Waals surface area contributed by atoms with Crippen molar-refractivity contribution in [1.82, 2.24) is 4.90 Å². The molecule has 9 heteroatoms. The molecule has 182 valence electrons. The van der Waals surface area contributed by atoms with Gasteiger partial charge in [-0.3, -0.25) is 9.00 Å². The van der Waals surface area contributed by atoms with Crippen LogP contribution in [0.3, 0.4) is 0 Å².